The lowest BCUT2D eigenvalue weighted by atomic mass is 9.93. The molecule has 3 rings (SSSR count). The molecule has 0 N–H and O–H groups in total. The van der Waals surface area contributed by atoms with Crippen molar-refractivity contribution in [2.24, 2.45) is 0 Å². The van der Waals surface area contributed by atoms with Gasteiger partial charge in [0, 0.05) is 16.1 Å². The molecule has 0 saturated heterocycles. The number of methoxy groups -OCH3 is 1. The molecule has 0 spiro atoms. The molecule has 0 amide bonds. The fourth-order valence-electron chi connectivity index (χ4n) is 3.04. The first-order chi connectivity index (χ1) is 12.2. The quantitative estimate of drug-likeness (QED) is 0.509. The number of allylic oxidation sites excluding steroid dienone is 1. The van der Waals surface area contributed by atoms with E-state index in [4.69, 9.17) is 16.3 Å². The summed E-state index contributed by atoms with van der Waals surface area (Å²) in [6, 6.07) is 19.9. The second-order valence-corrected chi connectivity index (χ2v) is 6.10. The smallest absolute Gasteiger partial charge is 0.122 e. The van der Waals surface area contributed by atoms with Crippen molar-refractivity contribution in [1.82, 2.24) is 0 Å². The molecule has 3 heteroatoms. The highest BCUT2D eigenvalue weighted by Gasteiger charge is 2.13. The van der Waals surface area contributed by atoms with Crippen LogP contribution in [0, 0.1) is 11.3 Å². The van der Waals surface area contributed by atoms with Crippen LogP contribution in [-0.4, -0.2) is 7.11 Å². The van der Waals surface area contributed by atoms with Crippen LogP contribution in [0.5, 0.6) is 0 Å². The van der Waals surface area contributed by atoms with Gasteiger partial charge < -0.3 is 4.74 Å². The van der Waals surface area contributed by atoms with E-state index in [-0.39, 0.29) is 0 Å². The van der Waals surface area contributed by atoms with Crippen LogP contribution in [0.2, 0.25) is 5.02 Å². The molecule has 2 nitrogen and oxygen atoms in total. The van der Waals surface area contributed by atoms with Gasteiger partial charge in [0.15, 0.2) is 0 Å². The van der Waals surface area contributed by atoms with Gasteiger partial charge in [-0.15, -0.1) is 0 Å². The van der Waals surface area contributed by atoms with Crippen molar-refractivity contribution in [2.75, 3.05) is 7.11 Å². The Morgan fingerprint density at radius 3 is 2.68 bits per heavy atom. The summed E-state index contributed by atoms with van der Waals surface area (Å²) in [5.41, 5.74) is 3.30. The molecule has 0 unspecified atom stereocenters. The predicted molar refractivity (Wildman–Crippen MR) is 104 cm³/mol. The molecular weight excluding hydrogens is 330 g/mol. The Kier molecular flexibility index (Phi) is 5.07. The van der Waals surface area contributed by atoms with Gasteiger partial charge >= 0.3 is 0 Å². The van der Waals surface area contributed by atoms with E-state index >= 15 is 0 Å². The fourth-order valence-corrected chi connectivity index (χ4v) is 3.32. The Morgan fingerprint density at radius 1 is 1.16 bits per heavy atom. The van der Waals surface area contributed by atoms with Crippen LogP contribution in [0.15, 0.2) is 60.7 Å². The Morgan fingerprint density at radius 2 is 1.96 bits per heavy atom. The van der Waals surface area contributed by atoms with Crippen LogP contribution >= 0.6 is 11.6 Å². The summed E-state index contributed by atoms with van der Waals surface area (Å²) in [7, 11) is 1.68. The molecule has 0 aromatic heterocycles. The monoisotopic (exact) mass is 347 g/mol. The number of fused-ring (bicyclic) bond motifs is 1. The third kappa shape index (κ3) is 3.24. The van der Waals surface area contributed by atoms with Crippen LogP contribution in [0.4, 0.5) is 0 Å². The maximum Gasteiger partial charge on any atom is 0.122 e. The normalized spacial score (nSPS) is 11.4. The van der Waals surface area contributed by atoms with Gasteiger partial charge in [-0.2, -0.15) is 5.26 Å². The SMILES string of the molecule is CC/C=C(\OC)c1ccc2cccc(-c3c(Cl)cccc3C#N)c2c1. The second-order valence-electron chi connectivity index (χ2n) is 5.70. The summed E-state index contributed by atoms with van der Waals surface area (Å²) in [5, 5.41) is 12.2. The average Bonchev–Trinajstić information content (AvgIpc) is 2.65. The van der Waals surface area contributed by atoms with E-state index in [0.717, 1.165) is 39.6 Å². The zero-order valence-corrected chi connectivity index (χ0v) is 15.0. The highest BCUT2D eigenvalue weighted by Crippen LogP contribution is 2.37. The van der Waals surface area contributed by atoms with Crippen molar-refractivity contribution in [3.8, 4) is 17.2 Å². The molecule has 0 aliphatic rings. The first-order valence-electron chi connectivity index (χ1n) is 8.16. The van der Waals surface area contributed by atoms with Gasteiger partial charge in [-0.05, 0) is 47.0 Å². The summed E-state index contributed by atoms with van der Waals surface area (Å²) >= 11 is 6.44. The van der Waals surface area contributed by atoms with Crippen LogP contribution in [0.1, 0.15) is 24.5 Å². The molecule has 0 atom stereocenters. The number of hydrogen-bond acceptors (Lipinski definition) is 2. The maximum atomic E-state index is 9.49. The first kappa shape index (κ1) is 17.1. The summed E-state index contributed by atoms with van der Waals surface area (Å²) in [6.07, 6.45) is 2.95. The number of nitriles is 1. The molecule has 0 aliphatic carbocycles. The van der Waals surface area contributed by atoms with Crippen molar-refractivity contribution < 1.29 is 4.74 Å². The lowest BCUT2D eigenvalue weighted by Crippen LogP contribution is -1.91. The zero-order chi connectivity index (χ0) is 17.8. The van der Waals surface area contributed by atoms with E-state index in [1.165, 1.54) is 0 Å². The largest absolute Gasteiger partial charge is 0.496 e. The van der Waals surface area contributed by atoms with Crippen LogP contribution in [0.25, 0.3) is 27.7 Å². The van der Waals surface area contributed by atoms with E-state index in [0.29, 0.717) is 10.6 Å². The number of nitrogens with zero attached hydrogens (tertiary/aromatic N) is 1. The molecule has 25 heavy (non-hydrogen) atoms. The highest BCUT2D eigenvalue weighted by molar-refractivity contribution is 6.34. The predicted octanol–water partition coefficient (Wildman–Crippen LogP) is 6.43. The molecule has 0 heterocycles. The van der Waals surface area contributed by atoms with Crippen LogP contribution < -0.4 is 0 Å². The third-order valence-electron chi connectivity index (χ3n) is 4.18. The van der Waals surface area contributed by atoms with Gasteiger partial charge in [0.1, 0.15) is 5.76 Å². The molecule has 0 fully saturated rings. The van der Waals surface area contributed by atoms with Crippen molar-refractivity contribution in [3.05, 3.63) is 76.8 Å². The summed E-state index contributed by atoms with van der Waals surface area (Å²) in [5.74, 6) is 0.846. The average molecular weight is 348 g/mol. The van der Waals surface area contributed by atoms with Gasteiger partial charge in [-0.1, -0.05) is 54.9 Å². The lowest BCUT2D eigenvalue weighted by molar-refractivity contribution is 0.369. The van der Waals surface area contributed by atoms with Crippen molar-refractivity contribution >= 4 is 28.1 Å². The molecular formula is C22H18ClNO. The standard InChI is InChI=1S/C22H18ClNO/c1-3-6-21(25-2)16-12-11-15-7-4-9-18(19(15)13-16)22-17(14-24)8-5-10-20(22)23/h4-13H,3H2,1-2H3/b21-6-. The molecule has 3 aromatic rings. The van der Waals surface area contributed by atoms with Gasteiger partial charge in [0.05, 0.1) is 18.7 Å². The summed E-state index contributed by atoms with van der Waals surface area (Å²) < 4.78 is 5.52. The minimum absolute atomic E-state index is 0.571. The Labute approximate surface area is 152 Å². The van der Waals surface area contributed by atoms with Gasteiger partial charge in [0.2, 0.25) is 0 Å². The van der Waals surface area contributed by atoms with E-state index in [2.05, 4.69) is 43.3 Å². The second kappa shape index (κ2) is 7.42. The Bertz CT molecular complexity index is 999. The number of hydrogen-bond donors (Lipinski definition) is 0. The molecule has 3 aromatic carbocycles. The molecule has 0 bridgehead atoms. The zero-order valence-electron chi connectivity index (χ0n) is 14.2. The van der Waals surface area contributed by atoms with Gasteiger partial charge in [-0.25, -0.2) is 0 Å². The topological polar surface area (TPSA) is 33.0 Å². The minimum Gasteiger partial charge on any atom is -0.496 e. The lowest BCUT2D eigenvalue weighted by Gasteiger charge is -2.13. The van der Waals surface area contributed by atoms with Crippen LogP contribution in [-0.2, 0) is 4.74 Å². The van der Waals surface area contributed by atoms with Gasteiger partial charge in [-0.3, -0.25) is 0 Å². The fraction of sp³-hybridized carbons (Fsp3) is 0.136. The number of rotatable bonds is 4. The minimum atomic E-state index is 0.571. The number of ether oxygens (including phenoxy) is 1. The van der Waals surface area contributed by atoms with Gasteiger partial charge in [0.25, 0.3) is 0 Å². The van der Waals surface area contributed by atoms with Crippen molar-refractivity contribution in [2.45, 2.75) is 13.3 Å². The molecule has 124 valence electrons. The van der Waals surface area contributed by atoms with Crippen LogP contribution in [0.3, 0.4) is 0 Å². The molecule has 0 saturated carbocycles. The molecule has 0 aliphatic heterocycles. The third-order valence-corrected chi connectivity index (χ3v) is 4.49. The highest BCUT2D eigenvalue weighted by atomic mass is 35.5. The number of halogens is 1. The molecule has 0 radical (unpaired) electrons. The number of benzene rings is 3. The summed E-state index contributed by atoms with van der Waals surface area (Å²) in [6.45, 7) is 2.08. The van der Waals surface area contributed by atoms with E-state index in [9.17, 15) is 5.26 Å². The summed E-state index contributed by atoms with van der Waals surface area (Å²) in [4.78, 5) is 0. The van der Waals surface area contributed by atoms with E-state index in [1.807, 2.05) is 18.2 Å². The van der Waals surface area contributed by atoms with Crippen molar-refractivity contribution in [3.63, 3.8) is 0 Å². The Hall–Kier alpha value is -2.76. The van der Waals surface area contributed by atoms with E-state index in [1.54, 1.807) is 19.2 Å². The Balaban J connectivity index is 2.31. The van der Waals surface area contributed by atoms with E-state index < -0.39 is 0 Å². The van der Waals surface area contributed by atoms with Crippen molar-refractivity contribution in [1.29, 1.82) is 5.26 Å². The first-order valence-corrected chi connectivity index (χ1v) is 8.53. The maximum absolute atomic E-state index is 9.49.